The van der Waals surface area contributed by atoms with Crippen molar-refractivity contribution in [3.05, 3.63) is 53.7 Å². The minimum Gasteiger partial charge on any atom is -0.404 e. The van der Waals surface area contributed by atoms with Crippen molar-refractivity contribution in [3.8, 4) is 11.1 Å². The van der Waals surface area contributed by atoms with Crippen LogP contribution in [0.1, 0.15) is 18.4 Å². The Hall–Kier alpha value is -2.86. The zero-order valence-electron chi connectivity index (χ0n) is 12.5. The molecule has 0 saturated carbocycles. The fraction of sp³-hybridized carbons (Fsp3) is 0.0588. The lowest BCUT2D eigenvalue weighted by Crippen LogP contribution is -1.92. The zero-order chi connectivity index (χ0) is 16.2. The number of allylic oxidation sites excluding steroid dienone is 2. The minimum atomic E-state index is 0.574. The third-order valence-electron chi connectivity index (χ3n) is 3.41. The maximum absolute atomic E-state index is 7.48. The second kappa shape index (κ2) is 6.50. The normalized spacial score (nSPS) is 12.1. The molecule has 0 radical (unpaired) electrons. The summed E-state index contributed by atoms with van der Waals surface area (Å²) >= 11 is 1.63. The Morgan fingerprint density at radius 1 is 1.26 bits per heavy atom. The van der Waals surface area contributed by atoms with Crippen molar-refractivity contribution < 1.29 is 0 Å². The van der Waals surface area contributed by atoms with E-state index in [0.29, 0.717) is 5.82 Å². The third kappa shape index (κ3) is 2.89. The van der Waals surface area contributed by atoms with Crippen molar-refractivity contribution in [2.24, 2.45) is 5.73 Å². The summed E-state index contributed by atoms with van der Waals surface area (Å²) in [6.45, 7) is 1.90. The number of aromatic nitrogens is 3. The van der Waals surface area contributed by atoms with Gasteiger partial charge in [-0.1, -0.05) is 6.08 Å². The number of hydrogen-bond donors (Lipinski definition) is 2. The highest BCUT2D eigenvalue weighted by molar-refractivity contribution is 7.17. The molecule has 0 aliphatic carbocycles. The molecule has 0 bridgehead atoms. The number of nitrogens with zero attached hydrogens (tertiary/aromatic N) is 3. The Labute approximate surface area is 137 Å². The summed E-state index contributed by atoms with van der Waals surface area (Å²) in [5.74, 6) is 0.574. The quantitative estimate of drug-likeness (QED) is 0.716. The van der Waals surface area contributed by atoms with Crippen molar-refractivity contribution in [3.63, 3.8) is 0 Å². The van der Waals surface area contributed by atoms with Crippen LogP contribution in [0.25, 0.3) is 33.0 Å². The Morgan fingerprint density at radius 2 is 2.04 bits per heavy atom. The third-order valence-corrected chi connectivity index (χ3v) is 4.34. The van der Waals surface area contributed by atoms with E-state index in [9.17, 15) is 0 Å². The molecule has 3 aromatic rings. The SMILES string of the molecule is C/C=C(\C=N)c1ccc2scc(-c3cnc(/C=C\N)nc3)c2n1. The minimum absolute atomic E-state index is 0.574. The van der Waals surface area contributed by atoms with Crippen molar-refractivity contribution >= 4 is 39.4 Å². The van der Waals surface area contributed by atoms with Gasteiger partial charge in [-0.2, -0.15) is 0 Å². The number of nitrogens with two attached hydrogens (primary N) is 1. The number of pyridine rings is 1. The molecule has 0 spiro atoms. The highest BCUT2D eigenvalue weighted by Gasteiger charge is 2.10. The smallest absolute Gasteiger partial charge is 0.153 e. The van der Waals surface area contributed by atoms with E-state index in [1.54, 1.807) is 29.8 Å². The molecule has 3 heterocycles. The highest BCUT2D eigenvalue weighted by atomic mass is 32.1. The molecular formula is C17H15N5S. The van der Waals surface area contributed by atoms with Gasteiger partial charge in [0.2, 0.25) is 0 Å². The van der Waals surface area contributed by atoms with Gasteiger partial charge >= 0.3 is 0 Å². The molecule has 0 fully saturated rings. The first-order chi connectivity index (χ1) is 11.3. The van der Waals surface area contributed by atoms with Crippen molar-refractivity contribution in [2.45, 2.75) is 6.92 Å². The fourth-order valence-corrected chi connectivity index (χ4v) is 3.14. The van der Waals surface area contributed by atoms with Crippen LogP contribution in [0.5, 0.6) is 0 Å². The predicted molar refractivity (Wildman–Crippen MR) is 96.3 cm³/mol. The molecule has 3 rings (SSSR count). The lowest BCUT2D eigenvalue weighted by molar-refractivity contribution is 1.14. The van der Waals surface area contributed by atoms with Gasteiger partial charge in [-0.25, -0.2) is 15.0 Å². The van der Waals surface area contributed by atoms with Crippen LogP contribution in [0.2, 0.25) is 0 Å². The van der Waals surface area contributed by atoms with Gasteiger partial charge in [0, 0.05) is 40.7 Å². The van der Waals surface area contributed by atoms with Crippen molar-refractivity contribution in [1.82, 2.24) is 15.0 Å². The number of fused-ring (bicyclic) bond motifs is 1. The molecule has 0 unspecified atom stereocenters. The average Bonchev–Trinajstić information content (AvgIpc) is 3.00. The molecule has 3 aromatic heterocycles. The summed E-state index contributed by atoms with van der Waals surface area (Å²) in [5, 5.41) is 9.54. The van der Waals surface area contributed by atoms with Crippen LogP contribution in [-0.4, -0.2) is 21.2 Å². The molecule has 0 amide bonds. The first kappa shape index (κ1) is 15.1. The lowest BCUT2D eigenvalue weighted by Gasteiger charge is -2.03. The maximum atomic E-state index is 7.48. The second-order valence-corrected chi connectivity index (χ2v) is 5.68. The van der Waals surface area contributed by atoms with Crippen LogP contribution in [0.3, 0.4) is 0 Å². The molecule has 3 N–H and O–H groups in total. The van der Waals surface area contributed by atoms with E-state index in [1.165, 1.54) is 12.4 Å². The molecule has 23 heavy (non-hydrogen) atoms. The van der Waals surface area contributed by atoms with E-state index in [4.69, 9.17) is 16.1 Å². The van der Waals surface area contributed by atoms with Gasteiger partial charge < -0.3 is 11.1 Å². The van der Waals surface area contributed by atoms with Gasteiger partial charge in [-0.15, -0.1) is 11.3 Å². The van der Waals surface area contributed by atoms with Crippen LogP contribution < -0.4 is 5.73 Å². The molecule has 0 aromatic carbocycles. The molecule has 0 aliphatic rings. The van der Waals surface area contributed by atoms with Crippen LogP contribution in [-0.2, 0) is 0 Å². The standard InChI is InChI=1S/C17H15N5S/c1-2-11(7-19)14-3-4-15-17(22-14)13(10-23-15)12-8-20-16(5-6-18)21-9-12/h2-10,19H,18H2,1H3/b6-5-,11-2+,19-7?. The Balaban J connectivity index is 2.10. The molecule has 5 nitrogen and oxygen atoms in total. The fourth-order valence-electron chi connectivity index (χ4n) is 2.23. The summed E-state index contributed by atoms with van der Waals surface area (Å²) in [7, 11) is 0. The predicted octanol–water partition coefficient (Wildman–Crippen LogP) is 3.74. The van der Waals surface area contributed by atoms with E-state index in [0.717, 1.165) is 32.6 Å². The Kier molecular flexibility index (Phi) is 4.25. The van der Waals surface area contributed by atoms with E-state index >= 15 is 0 Å². The molecule has 0 atom stereocenters. The molecular weight excluding hydrogens is 306 g/mol. The monoisotopic (exact) mass is 321 g/mol. The van der Waals surface area contributed by atoms with Gasteiger partial charge in [0.05, 0.1) is 15.9 Å². The Bertz CT molecular complexity index is 906. The summed E-state index contributed by atoms with van der Waals surface area (Å²) in [5.41, 5.74) is 9.74. The molecule has 0 aliphatic heterocycles. The van der Waals surface area contributed by atoms with E-state index < -0.39 is 0 Å². The molecule has 114 valence electrons. The first-order valence-corrected chi connectivity index (χ1v) is 7.91. The van der Waals surface area contributed by atoms with Gasteiger partial charge in [-0.05, 0) is 31.3 Å². The Morgan fingerprint density at radius 3 is 2.70 bits per heavy atom. The number of thiophene rings is 1. The highest BCUT2D eigenvalue weighted by Crippen LogP contribution is 2.33. The van der Waals surface area contributed by atoms with Crippen molar-refractivity contribution in [2.75, 3.05) is 0 Å². The summed E-state index contributed by atoms with van der Waals surface area (Å²) in [6.07, 6.45) is 9.80. The molecule has 6 heteroatoms. The summed E-state index contributed by atoms with van der Waals surface area (Å²) < 4.78 is 1.09. The van der Waals surface area contributed by atoms with Crippen LogP contribution in [0, 0.1) is 5.41 Å². The van der Waals surface area contributed by atoms with Gasteiger partial charge in [0.15, 0.2) is 5.82 Å². The summed E-state index contributed by atoms with van der Waals surface area (Å²) in [4.78, 5) is 13.3. The van der Waals surface area contributed by atoms with Gasteiger partial charge in [0.25, 0.3) is 0 Å². The number of rotatable bonds is 4. The maximum Gasteiger partial charge on any atom is 0.153 e. The van der Waals surface area contributed by atoms with E-state index in [1.807, 2.05) is 25.1 Å². The lowest BCUT2D eigenvalue weighted by atomic mass is 10.1. The number of nitrogens with one attached hydrogen (secondary N) is 1. The first-order valence-electron chi connectivity index (χ1n) is 7.03. The zero-order valence-corrected chi connectivity index (χ0v) is 13.3. The van der Waals surface area contributed by atoms with E-state index in [2.05, 4.69) is 15.3 Å². The average molecular weight is 321 g/mol. The van der Waals surface area contributed by atoms with Crippen molar-refractivity contribution in [1.29, 1.82) is 5.41 Å². The second-order valence-electron chi connectivity index (χ2n) is 4.77. The van der Waals surface area contributed by atoms with E-state index in [-0.39, 0.29) is 0 Å². The molecule has 0 saturated heterocycles. The van der Waals surface area contributed by atoms with Gasteiger partial charge in [-0.3, -0.25) is 0 Å². The van der Waals surface area contributed by atoms with Crippen LogP contribution >= 0.6 is 11.3 Å². The topological polar surface area (TPSA) is 88.5 Å². The summed E-state index contributed by atoms with van der Waals surface area (Å²) in [6, 6.07) is 3.97. The van der Waals surface area contributed by atoms with Gasteiger partial charge in [0.1, 0.15) is 0 Å². The van der Waals surface area contributed by atoms with Crippen LogP contribution in [0.15, 0.2) is 42.2 Å². The largest absolute Gasteiger partial charge is 0.404 e. The number of hydrogen-bond acceptors (Lipinski definition) is 6. The van der Waals surface area contributed by atoms with Crippen LogP contribution in [0.4, 0.5) is 0 Å².